The predicted molar refractivity (Wildman–Crippen MR) is 106 cm³/mol. The van der Waals surface area contributed by atoms with Crippen LogP contribution in [0.2, 0.25) is 0 Å². The Morgan fingerprint density at radius 1 is 0.935 bits per heavy atom. The first-order chi connectivity index (χ1) is 14.8. The van der Waals surface area contributed by atoms with Crippen LogP contribution in [0.15, 0.2) is 51.7 Å². The van der Waals surface area contributed by atoms with Gasteiger partial charge in [0.25, 0.3) is 0 Å². The second-order valence-electron chi connectivity index (χ2n) is 7.15. The van der Waals surface area contributed by atoms with Crippen LogP contribution in [0.25, 0.3) is 22.3 Å². The molecule has 5 atom stereocenters. The van der Waals surface area contributed by atoms with Gasteiger partial charge < -0.3 is 44.5 Å². The maximum Gasteiger partial charge on any atom is 0.229 e. The van der Waals surface area contributed by atoms with Crippen molar-refractivity contribution in [2.75, 3.05) is 6.61 Å². The number of fused-ring (bicyclic) bond motifs is 1. The topological polar surface area (TPSA) is 170 Å². The Hall–Kier alpha value is -3.15. The number of aromatic hydroxyl groups is 2. The number of rotatable bonds is 4. The van der Waals surface area contributed by atoms with E-state index in [2.05, 4.69) is 0 Å². The number of phenolic OH excluding ortho intramolecular Hbond substituents is 2. The number of hydrogen-bond donors (Lipinski definition) is 6. The fourth-order valence-electron chi connectivity index (χ4n) is 3.38. The van der Waals surface area contributed by atoms with E-state index in [-0.39, 0.29) is 28.2 Å². The minimum Gasteiger partial charge on any atom is -0.508 e. The number of aliphatic hydroxyl groups excluding tert-OH is 4. The minimum absolute atomic E-state index is 0.0184. The van der Waals surface area contributed by atoms with E-state index in [0.29, 0.717) is 5.56 Å². The van der Waals surface area contributed by atoms with Crippen LogP contribution in [-0.2, 0) is 4.74 Å². The van der Waals surface area contributed by atoms with Gasteiger partial charge in [0, 0.05) is 23.8 Å². The monoisotopic (exact) mass is 432 g/mol. The molecule has 0 radical (unpaired) electrons. The molecule has 31 heavy (non-hydrogen) atoms. The van der Waals surface area contributed by atoms with Gasteiger partial charge in [-0.3, -0.25) is 4.79 Å². The molecule has 3 aromatic rings. The van der Waals surface area contributed by atoms with Crippen molar-refractivity contribution in [3.63, 3.8) is 0 Å². The van der Waals surface area contributed by atoms with Crippen molar-refractivity contribution < 1.29 is 44.5 Å². The van der Waals surface area contributed by atoms with Gasteiger partial charge in [-0.1, -0.05) is 0 Å². The molecule has 0 saturated carbocycles. The van der Waals surface area contributed by atoms with Crippen molar-refractivity contribution in [3.05, 3.63) is 52.7 Å². The summed E-state index contributed by atoms with van der Waals surface area (Å²) in [5, 5.41) is 58.8. The van der Waals surface area contributed by atoms with Gasteiger partial charge in [-0.05, 0) is 24.3 Å². The molecule has 4 rings (SSSR count). The zero-order valence-electron chi connectivity index (χ0n) is 16.0. The number of hydrogen-bond acceptors (Lipinski definition) is 10. The molecule has 6 N–H and O–H groups in total. The highest BCUT2D eigenvalue weighted by Gasteiger charge is 2.44. The van der Waals surface area contributed by atoms with Gasteiger partial charge >= 0.3 is 0 Å². The van der Waals surface area contributed by atoms with E-state index in [0.717, 1.165) is 6.07 Å². The Morgan fingerprint density at radius 3 is 2.32 bits per heavy atom. The lowest BCUT2D eigenvalue weighted by atomic mass is 9.99. The maximum atomic E-state index is 12.5. The molecule has 0 unspecified atom stereocenters. The fourth-order valence-corrected chi connectivity index (χ4v) is 3.38. The maximum absolute atomic E-state index is 12.5. The second-order valence-corrected chi connectivity index (χ2v) is 7.15. The van der Waals surface area contributed by atoms with Gasteiger partial charge in [-0.25, -0.2) is 0 Å². The van der Waals surface area contributed by atoms with Gasteiger partial charge in [0.05, 0.1) is 6.61 Å². The predicted octanol–water partition coefficient (Wildman–Crippen LogP) is 0.0499. The molecule has 1 saturated heterocycles. The number of ether oxygens (including phenoxy) is 2. The molecule has 10 nitrogen and oxygen atoms in total. The normalized spacial score (nSPS) is 26.1. The Bertz CT molecular complexity index is 1140. The molecule has 1 aliphatic heterocycles. The number of aliphatic hydroxyl groups is 4. The van der Waals surface area contributed by atoms with E-state index in [1.165, 1.54) is 24.3 Å². The van der Waals surface area contributed by atoms with Gasteiger partial charge in [-0.15, -0.1) is 0 Å². The van der Waals surface area contributed by atoms with Crippen molar-refractivity contribution >= 4 is 11.0 Å². The molecule has 1 aliphatic rings. The molecule has 164 valence electrons. The van der Waals surface area contributed by atoms with Crippen molar-refractivity contribution in [2.24, 2.45) is 0 Å². The van der Waals surface area contributed by atoms with Gasteiger partial charge in [0.2, 0.25) is 6.29 Å². The summed E-state index contributed by atoms with van der Waals surface area (Å²) < 4.78 is 16.5. The first-order valence-electron chi connectivity index (χ1n) is 9.36. The molecular formula is C21H20O10. The highest BCUT2D eigenvalue weighted by molar-refractivity contribution is 5.86. The lowest BCUT2D eigenvalue weighted by Crippen LogP contribution is -2.60. The number of phenols is 2. The molecule has 0 amide bonds. The molecular weight excluding hydrogens is 412 g/mol. The van der Waals surface area contributed by atoms with Crippen molar-refractivity contribution in [1.29, 1.82) is 0 Å². The molecule has 1 aromatic heterocycles. The largest absolute Gasteiger partial charge is 0.508 e. The first kappa shape index (κ1) is 21.1. The summed E-state index contributed by atoms with van der Waals surface area (Å²) in [5.74, 6) is -0.273. The summed E-state index contributed by atoms with van der Waals surface area (Å²) >= 11 is 0. The van der Waals surface area contributed by atoms with E-state index in [1.807, 2.05) is 0 Å². The summed E-state index contributed by atoms with van der Waals surface area (Å²) in [4.78, 5) is 12.5. The standard InChI is InChI=1S/C21H20O10/c22-8-16-18(26)19(27)20(28)21(31-16)29-11-5-12(24)17-13(25)7-14(30-15(17)6-11)9-1-3-10(23)4-2-9/h1-7,16,18-24,26-28H,8H2/t16-,18-,19+,20-,21+/m1/s1. The van der Waals surface area contributed by atoms with Gasteiger partial charge in [-0.2, -0.15) is 0 Å². The van der Waals surface area contributed by atoms with Crippen LogP contribution < -0.4 is 10.2 Å². The van der Waals surface area contributed by atoms with Gasteiger partial charge in [0.15, 0.2) is 5.43 Å². The average molecular weight is 432 g/mol. The minimum atomic E-state index is -1.65. The van der Waals surface area contributed by atoms with Crippen LogP contribution in [0, 0.1) is 0 Å². The zero-order valence-corrected chi connectivity index (χ0v) is 16.0. The van der Waals surface area contributed by atoms with Crippen LogP contribution in [0.3, 0.4) is 0 Å². The lowest BCUT2D eigenvalue weighted by molar-refractivity contribution is -0.277. The van der Waals surface area contributed by atoms with Crippen LogP contribution in [0.5, 0.6) is 17.2 Å². The molecule has 10 heteroatoms. The summed E-state index contributed by atoms with van der Waals surface area (Å²) in [7, 11) is 0. The van der Waals surface area contributed by atoms with E-state index in [1.54, 1.807) is 12.1 Å². The highest BCUT2D eigenvalue weighted by Crippen LogP contribution is 2.33. The fraction of sp³-hybridized carbons (Fsp3) is 0.286. The van der Waals surface area contributed by atoms with E-state index in [4.69, 9.17) is 13.9 Å². The summed E-state index contributed by atoms with van der Waals surface area (Å²) in [6, 6.07) is 9.56. The quantitative estimate of drug-likeness (QED) is 0.331. The second kappa shape index (κ2) is 8.17. The average Bonchev–Trinajstić information content (AvgIpc) is 2.74. The van der Waals surface area contributed by atoms with E-state index in [9.17, 15) is 35.4 Å². The van der Waals surface area contributed by atoms with Crippen LogP contribution in [0.4, 0.5) is 0 Å². The summed E-state index contributed by atoms with van der Waals surface area (Å²) in [6.45, 7) is -0.626. The van der Waals surface area contributed by atoms with Crippen molar-refractivity contribution in [1.82, 2.24) is 0 Å². The third-order valence-electron chi connectivity index (χ3n) is 5.04. The summed E-state index contributed by atoms with van der Waals surface area (Å²) in [6.07, 6.45) is -7.47. The van der Waals surface area contributed by atoms with Crippen LogP contribution in [-0.4, -0.2) is 68.0 Å². The van der Waals surface area contributed by atoms with E-state index < -0.39 is 48.5 Å². The van der Waals surface area contributed by atoms with Gasteiger partial charge in [0.1, 0.15) is 58.4 Å². The van der Waals surface area contributed by atoms with E-state index >= 15 is 0 Å². The Morgan fingerprint density at radius 2 is 1.65 bits per heavy atom. The third kappa shape index (κ3) is 3.94. The molecule has 1 fully saturated rings. The first-order valence-corrected chi connectivity index (χ1v) is 9.36. The number of benzene rings is 2. The summed E-state index contributed by atoms with van der Waals surface area (Å²) in [5.41, 5.74) is -0.0204. The van der Waals surface area contributed by atoms with Crippen molar-refractivity contribution in [2.45, 2.75) is 30.7 Å². The van der Waals surface area contributed by atoms with Crippen LogP contribution >= 0.6 is 0 Å². The SMILES string of the molecule is O=c1cc(-c2ccc(O)cc2)oc2cc(O[C@H]3O[C@H](CO)[C@@H](O)[C@H](O)[C@H]3O)cc(O)c12. The Labute approximate surface area is 174 Å². The molecule has 2 aromatic carbocycles. The molecule has 2 heterocycles. The Balaban J connectivity index is 1.71. The Kier molecular flexibility index (Phi) is 5.56. The van der Waals surface area contributed by atoms with Crippen molar-refractivity contribution in [3.8, 4) is 28.6 Å². The molecule has 0 aliphatic carbocycles. The third-order valence-corrected chi connectivity index (χ3v) is 5.04. The smallest absolute Gasteiger partial charge is 0.229 e. The molecule has 0 bridgehead atoms. The lowest BCUT2D eigenvalue weighted by Gasteiger charge is -2.39. The zero-order chi connectivity index (χ0) is 22.3. The molecule has 0 spiro atoms. The van der Waals surface area contributed by atoms with Crippen LogP contribution in [0.1, 0.15) is 0 Å². The highest BCUT2D eigenvalue weighted by atomic mass is 16.7.